The van der Waals surface area contributed by atoms with Crippen molar-refractivity contribution < 1.29 is 35.9 Å². The van der Waals surface area contributed by atoms with Gasteiger partial charge in [-0.2, -0.15) is 8.42 Å². The highest BCUT2D eigenvalue weighted by Gasteiger charge is 2.42. The molecule has 14 heteroatoms. The lowest BCUT2D eigenvalue weighted by Gasteiger charge is -2.19. The second-order valence-electron chi connectivity index (χ2n) is 6.72. The van der Waals surface area contributed by atoms with E-state index < -0.39 is 46.2 Å². The molecule has 2 atom stereocenters. The average molecular weight is 473 g/mol. The van der Waals surface area contributed by atoms with E-state index in [-0.39, 0.29) is 11.5 Å². The summed E-state index contributed by atoms with van der Waals surface area (Å²) in [4.78, 5) is 30.0. The molecule has 3 amide bonds. The molecule has 0 radical (unpaired) electrons. The second kappa shape index (κ2) is 8.63. The van der Waals surface area contributed by atoms with Gasteiger partial charge < -0.3 is 10.1 Å². The Balaban J connectivity index is 1.78. The zero-order valence-corrected chi connectivity index (χ0v) is 17.5. The predicted molar refractivity (Wildman–Crippen MR) is 107 cm³/mol. The Labute approximate surface area is 180 Å². The van der Waals surface area contributed by atoms with Crippen LogP contribution in [0.2, 0.25) is 0 Å². The average Bonchev–Trinajstić information content (AvgIpc) is 3.01. The van der Waals surface area contributed by atoms with E-state index in [9.17, 15) is 31.2 Å². The van der Waals surface area contributed by atoms with Gasteiger partial charge in [-0.25, -0.2) is 19.4 Å². The van der Waals surface area contributed by atoms with Crippen LogP contribution in [-0.4, -0.2) is 44.8 Å². The molecule has 32 heavy (non-hydrogen) atoms. The number of imide groups is 1. The van der Waals surface area contributed by atoms with Gasteiger partial charge in [0.2, 0.25) is 0 Å². The molecule has 1 aliphatic rings. The fourth-order valence-corrected chi connectivity index (χ4v) is 3.53. The summed E-state index contributed by atoms with van der Waals surface area (Å²) in [6, 6.07) is 5.53. The number of aromatic nitrogens is 1. The van der Waals surface area contributed by atoms with Crippen molar-refractivity contribution in [3.8, 4) is 5.75 Å². The van der Waals surface area contributed by atoms with Crippen LogP contribution in [0.5, 0.6) is 5.75 Å². The molecule has 1 aromatic carbocycles. The highest BCUT2D eigenvalue weighted by molar-refractivity contribution is 7.90. The van der Waals surface area contributed by atoms with Crippen molar-refractivity contribution in [2.75, 3.05) is 16.7 Å². The topological polar surface area (TPSA) is 130 Å². The minimum absolute atomic E-state index is 0.0116. The van der Waals surface area contributed by atoms with Crippen LogP contribution in [0.25, 0.3) is 0 Å². The monoisotopic (exact) mass is 473 g/mol. The number of ether oxygens (including phenoxy) is 1. The molecule has 2 aromatic rings. The Morgan fingerprint density at radius 1 is 1.19 bits per heavy atom. The fourth-order valence-electron chi connectivity index (χ4n) is 3.05. The van der Waals surface area contributed by atoms with Crippen LogP contribution in [0.4, 0.5) is 29.5 Å². The van der Waals surface area contributed by atoms with E-state index in [0.29, 0.717) is 5.56 Å². The van der Waals surface area contributed by atoms with Gasteiger partial charge in [0.15, 0.2) is 0 Å². The van der Waals surface area contributed by atoms with Gasteiger partial charge in [0.1, 0.15) is 17.6 Å². The molecule has 3 rings (SSSR count). The number of benzene rings is 1. The minimum atomic E-state index is -4.87. The summed E-state index contributed by atoms with van der Waals surface area (Å²) < 4.78 is 68.3. The van der Waals surface area contributed by atoms with Crippen molar-refractivity contribution >= 4 is 33.7 Å². The van der Waals surface area contributed by atoms with Crippen molar-refractivity contribution in [1.29, 1.82) is 0 Å². The van der Waals surface area contributed by atoms with Gasteiger partial charge in [-0.1, -0.05) is 6.92 Å². The highest BCUT2D eigenvalue weighted by atomic mass is 32.2. The molecular weight excluding hydrogens is 455 g/mol. The summed E-state index contributed by atoms with van der Waals surface area (Å²) in [5, 5.41) is 2.54. The van der Waals surface area contributed by atoms with Crippen molar-refractivity contribution in [3.05, 3.63) is 48.2 Å². The molecule has 0 aliphatic carbocycles. The smallest absolute Gasteiger partial charge is 0.406 e. The number of halogens is 3. The maximum absolute atomic E-state index is 12.9. The summed E-state index contributed by atoms with van der Waals surface area (Å²) in [5.41, 5.74) is 0.581. The standard InChI is InChI=1S/C18H18F3N5O5S/c1-10(11-7-8-23-14(9-11)25-32(29,30)22-2)15-16(27)26(17(28)24-15)12-3-5-13(6-4-12)31-18(19,20)21/h3-10,15,22H,1-2H3,(H,23,25)(H,24,28). The minimum Gasteiger partial charge on any atom is -0.406 e. The van der Waals surface area contributed by atoms with Crippen molar-refractivity contribution in [3.63, 3.8) is 0 Å². The van der Waals surface area contributed by atoms with Gasteiger partial charge in [0.25, 0.3) is 16.1 Å². The number of anilines is 2. The molecular formula is C18H18F3N5O5S. The number of carbonyl (C=O) groups is 2. The number of pyridine rings is 1. The lowest BCUT2D eigenvalue weighted by Crippen LogP contribution is -2.35. The summed E-state index contributed by atoms with van der Waals surface area (Å²) in [7, 11) is -2.58. The fraction of sp³-hybridized carbons (Fsp3) is 0.278. The van der Waals surface area contributed by atoms with Crippen LogP contribution >= 0.6 is 0 Å². The first-order valence-corrected chi connectivity index (χ1v) is 10.6. The van der Waals surface area contributed by atoms with Gasteiger partial charge in [0, 0.05) is 19.2 Å². The molecule has 3 N–H and O–H groups in total. The number of hydrogen-bond donors (Lipinski definition) is 3. The third-order valence-corrected chi connectivity index (χ3v) is 5.63. The molecule has 1 saturated heterocycles. The molecule has 0 bridgehead atoms. The van der Waals surface area contributed by atoms with E-state index in [1.807, 2.05) is 0 Å². The summed E-state index contributed by atoms with van der Waals surface area (Å²) in [5.74, 6) is -1.68. The summed E-state index contributed by atoms with van der Waals surface area (Å²) in [6.45, 7) is 1.65. The molecule has 172 valence electrons. The number of rotatable bonds is 7. The number of urea groups is 1. The van der Waals surface area contributed by atoms with Crippen molar-refractivity contribution in [2.24, 2.45) is 0 Å². The second-order valence-corrected chi connectivity index (χ2v) is 8.33. The SMILES string of the molecule is CNS(=O)(=O)Nc1cc(C(C)C2NC(=O)N(c3ccc(OC(F)(F)F)cc3)C2=O)ccn1. The van der Waals surface area contributed by atoms with Crippen LogP contribution in [-0.2, 0) is 15.0 Å². The quantitative estimate of drug-likeness (QED) is 0.528. The van der Waals surface area contributed by atoms with Gasteiger partial charge in [0.05, 0.1) is 5.69 Å². The Bertz CT molecular complexity index is 1120. The van der Waals surface area contributed by atoms with Crippen molar-refractivity contribution in [2.45, 2.75) is 25.2 Å². The van der Waals surface area contributed by atoms with E-state index in [1.165, 1.54) is 19.3 Å². The lowest BCUT2D eigenvalue weighted by molar-refractivity contribution is -0.274. The van der Waals surface area contributed by atoms with Gasteiger partial charge in [-0.05, 0) is 42.0 Å². The number of nitrogens with zero attached hydrogens (tertiary/aromatic N) is 2. The van der Waals surface area contributed by atoms with Crippen LogP contribution in [0, 0.1) is 0 Å². The zero-order chi connectivity index (χ0) is 23.7. The lowest BCUT2D eigenvalue weighted by atomic mass is 9.94. The number of carbonyl (C=O) groups excluding carboxylic acids is 2. The molecule has 0 saturated carbocycles. The molecule has 10 nitrogen and oxygen atoms in total. The van der Waals surface area contributed by atoms with Crippen LogP contribution in [0.15, 0.2) is 42.6 Å². The normalized spacial score (nSPS) is 17.8. The van der Waals surface area contributed by atoms with Crippen LogP contribution in [0.1, 0.15) is 18.4 Å². The third kappa shape index (κ3) is 5.26. The van der Waals surface area contributed by atoms with E-state index in [0.717, 1.165) is 29.2 Å². The van der Waals surface area contributed by atoms with E-state index in [1.54, 1.807) is 13.0 Å². The van der Waals surface area contributed by atoms with E-state index in [4.69, 9.17) is 0 Å². The molecule has 1 fully saturated rings. The first-order chi connectivity index (χ1) is 14.9. The largest absolute Gasteiger partial charge is 0.573 e. The number of hydrogen-bond acceptors (Lipinski definition) is 6. The Kier molecular flexibility index (Phi) is 6.27. The van der Waals surface area contributed by atoms with Crippen molar-refractivity contribution in [1.82, 2.24) is 15.0 Å². The van der Waals surface area contributed by atoms with Gasteiger partial charge in [-0.3, -0.25) is 9.52 Å². The first-order valence-electron chi connectivity index (χ1n) is 9.08. The van der Waals surface area contributed by atoms with Crippen LogP contribution in [0.3, 0.4) is 0 Å². The first kappa shape index (κ1) is 23.3. The van der Waals surface area contributed by atoms with Gasteiger partial charge in [-0.15, -0.1) is 13.2 Å². The third-order valence-electron chi connectivity index (χ3n) is 4.61. The Morgan fingerprint density at radius 2 is 1.84 bits per heavy atom. The molecule has 2 unspecified atom stereocenters. The highest BCUT2D eigenvalue weighted by Crippen LogP contribution is 2.30. The number of alkyl halides is 3. The molecule has 1 aliphatic heterocycles. The predicted octanol–water partition coefficient (Wildman–Crippen LogP) is 2.08. The maximum atomic E-state index is 12.9. The summed E-state index contributed by atoms with van der Waals surface area (Å²) >= 11 is 0. The number of nitrogens with one attached hydrogen (secondary N) is 3. The molecule has 0 spiro atoms. The Hall–Kier alpha value is -3.39. The summed E-state index contributed by atoms with van der Waals surface area (Å²) in [6.07, 6.45) is -3.52. The van der Waals surface area contributed by atoms with Gasteiger partial charge >= 0.3 is 12.4 Å². The maximum Gasteiger partial charge on any atom is 0.573 e. The Morgan fingerprint density at radius 3 is 2.44 bits per heavy atom. The van der Waals surface area contributed by atoms with E-state index >= 15 is 0 Å². The van der Waals surface area contributed by atoms with Crippen LogP contribution < -0.4 is 24.4 Å². The van der Waals surface area contributed by atoms with E-state index in [2.05, 4.69) is 24.5 Å². The molecule has 1 aromatic heterocycles. The zero-order valence-electron chi connectivity index (χ0n) is 16.7. The molecule has 2 heterocycles. The number of amides is 3.